The molecule has 0 heterocycles. The third-order valence-corrected chi connectivity index (χ3v) is 3.51. The predicted octanol–water partition coefficient (Wildman–Crippen LogP) is 4.10. The third kappa shape index (κ3) is 3.63. The Labute approximate surface area is 104 Å². The molecule has 82 valence electrons. The van der Waals surface area contributed by atoms with Gasteiger partial charge in [-0.25, -0.2) is 0 Å². The van der Waals surface area contributed by atoms with Crippen LogP contribution in [0.1, 0.15) is 19.4 Å². The summed E-state index contributed by atoms with van der Waals surface area (Å²) in [5.74, 6) is 0.470. The number of hydrogen-bond donors (Lipinski definition) is 1. The van der Waals surface area contributed by atoms with Gasteiger partial charge in [0.15, 0.2) is 0 Å². The van der Waals surface area contributed by atoms with E-state index in [4.69, 9.17) is 17.3 Å². The molecule has 1 nitrogen and oxygen atoms in total. The van der Waals surface area contributed by atoms with Crippen molar-refractivity contribution in [2.75, 3.05) is 6.54 Å². The van der Waals surface area contributed by atoms with Crippen molar-refractivity contribution in [3.8, 4) is 0 Å². The maximum absolute atomic E-state index is 6.01. The summed E-state index contributed by atoms with van der Waals surface area (Å²) in [6.07, 6.45) is 2.10. The molecule has 1 aromatic carbocycles. The first-order chi connectivity index (χ1) is 7.04. The Morgan fingerprint density at radius 3 is 2.67 bits per heavy atom. The molecule has 2 N–H and O–H groups in total. The van der Waals surface area contributed by atoms with Crippen molar-refractivity contribution in [2.24, 2.45) is 11.7 Å². The Kier molecular flexibility index (Phi) is 4.84. The first-order valence-electron chi connectivity index (χ1n) is 4.90. The summed E-state index contributed by atoms with van der Waals surface area (Å²) >= 11 is 9.38. The van der Waals surface area contributed by atoms with Gasteiger partial charge >= 0.3 is 0 Å². The normalized spacial score (nSPS) is 12.3. The Bertz CT molecular complexity index is 372. The first kappa shape index (κ1) is 12.8. The van der Waals surface area contributed by atoms with Gasteiger partial charge in [-0.2, -0.15) is 0 Å². The highest BCUT2D eigenvalue weighted by molar-refractivity contribution is 9.10. The molecule has 3 heteroatoms. The zero-order valence-corrected chi connectivity index (χ0v) is 11.3. The van der Waals surface area contributed by atoms with Crippen molar-refractivity contribution in [2.45, 2.75) is 13.8 Å². The highest BCUT2D eigenvalue weighted by Gasteiger charge is 2.02. The Morgan fingerprint density at radius 2 is 2.20 bits per heavy atom. The van der Waals surface area contributed by atoms with Crippen LogP contribution >= 0.6 is 27.5 Å². The minimum atomic E-state index is 0.470. The van der Waals surface area contributed by atoms with E-state index in [0.717, 1.165) is 15.1 Å². The quantitative estimate of drug-likeness (QED) is 0.890. The summed E-state index contributed by atoms with van der Waals surface area (Å²) in [6, 6.07) is 5.90. The van der Waals surface area contributed by atoms with Gasteiger partial charge in [0.05, 0.1) is 5.02 Å². The van der Waals surface area contributed by atoms with E-state index in [1.807, 2.05) is 18.2 Å². The van der Waals surface area contributed by atoms with Gasteiger partial charge in [-0.05, 0) is 39.5 Å². The van der Waals surface area contributed by atoms with Crippen LogP contribution in [-0.2, 0) is 0 Å². The minimum absolute atomic E-state index is 0.470. The third-order valence-electron chi connectivity index (χ3n) is 2.27. The van der Waals surface area contributed by atoms with Gasteiger partial charge in [0.2, 0.25) is 0 Å². The average Bonchev–Trinajstić information content (AvgIpc) is 2.19. The van der Waals surface area contributed by atoms with Crippen molar-refractivity contribution >= 4 is 33.6 Å². The van der Waals surface area contributed by atoms with Crippen LogP contribution in [0, 0.1) is 5.92 Å². The van der Waals surface area contributed by atoms with Crippen LogP contribution in [0.2, 0.25) is 5.02 Å². The van der Waals surface area contributed by atoms with E-state index in [0.29, 0.717) is 12.5 Å². The second kappa shape index (κ2) is 5.69. The summed E-state index contributed by atoms with van der Waals surface area (Å²) in [7, 11) is 0. The summed E-state index contributed by atoms with van der Waals surface area (Å²) in [6.45, 7) is 4.86. The lowest BCUT2D eigenvalue weighted by Crippen LogP contribution is -2.08. The van der Waals surface area contributed by atoms with Gasteiger partial charge in [0.1, 0.15) is 0 Å². The lowest BCUT2D eigenvalue weighted by molar-refractivity contribution is 0.753. The van der Waals surface area contributed by atoms with Crippen LogP contribution in [0.15, 0.2) is 28.2 Å². The lowest BCUT2D eigenvalue weighted by Gasteiger charge is -2.08. The zero-order valence-electron chi connectivity index (χ0n) is 8.93. The van der Waals surface area contributed by atoms with Crippen molar-refractivity contribution in [1.29, 1.82) is 0 Å². The molecule has 0 unspecified atom stereocenters. The fraction of sp³-hybridized carbons (Fsp3) is 0.333. The molecular weight excluding hydrogens is 273 g/mol. The molecule has 0 bridgehead atoms. The molecule has 0 aliphatic carbocycles. The monoisotopic (exact) mass is 287 g/mol. The summed E-state index contributed by atoms with van der Waals surface area (Å²) < 4.78 is 0.917. The average molecular weight is 289 g/mol. The topological polar surface area (TPSA) is 26.0 Å². The molecule has 0 saturated heterocycles. The standard InChI is InChI=1S/C12H15BrClN/c1-8(2)10(7-15)5-9-3-4-11(13)12(14)6-9/h3-6,8H,7,15H2,1-2H3/b10-5+. The van der Waals surface area contributed by atoms with Crippen molar-refractivity contribution < 1.29 is 0 Å². The molecule has 0 atom stereocenters. The van der Waals surface area contributed by atoms with Crippen LogP contribution in [0.3, 0.4) is 0 Å². The molecule has 15 heavy (non-hydrogen) atoms. The van der Waals surface area contributed by atoms with Crippen molar-refractivity contribution in [3.05, 3.63) is 38.8 Å². The van der Waals surface area contributed by atoms with Crippen LogP contribution in [0.5, 0.6) is 0 Å². The highest BCUT2D eigenvalue weighted by Crippen LogP contribution is 2.24. The summed E-state index contributed by atoms with van der Waals surface area (Å²) in [4.78, 5) is 0. The number of benzene rings is 1. The molecular formula is C12H15BrClN. The van der Waals surface area contributed by atoms with E-state index < -0.39 is 0 Å². The van der Waals surface area contributed by atoms with E-state index in [9.17, 15) is 0 Å². The van der Waals surface area contributed by atoms with Crippen LogP contribution in [0.25, 0.3) is 6.08 Å². The van der Waals surface area contributed by atoms with E-state index in [1.54, 1.807) is 0 Å². The molecule has 0 amide bonds. The van der Waals surface area contributed by atoms with Gasteiger partial charge in [-0.15, -0.1) is 0 Å². The van der Waals surface area contributed by atoms with Crippen LogP contribution in [-0.4, -0.2) is 6.54 Å². The van der Waals surface area contributed by atoms with Gasteiger partial charge in [-0.1, -0.05) is 43.2 Å². The zero-order chi connectivity index (χ0) is 11.4. The molecule has 1 rings (SSSR count). The molecule has 0 aromatic heterocycles. The second-order valence-corrected chi connectivity index (χ2v) is 5.01. The number of rotatable bonds is 3. The van der Waals surface area contributed by atoms with Gasteiger partial charge in [-0.3, -0.25) is 0 Å². The highest BCUT2D eigenvalue weighted by atomic mass is 79.9. The van der Waals surface area contributed by atoms with E-state index in [1.165, 1.54) is 5.57 Å². The lowest BCUT2D eigenvalue weighted by atomic mass is 10.0. The first-order valence-corrected chi connectivity index (χ1v) is 6.07. The predicted molar refractivity (Wildman–Crippen MR) is 71.0 cm³/mol. The van der Waals surface area contributed by atoms with Crippen LogP contribution < -0.4 is 5.73 Å². The Hall–Kier alpha value is -0.310. The smallest absolute Gasteiger partial charge is 0.0554 e. The maximum atomic E-state index is 6.01. The number of nitrogens with two attached hydrogens (primary N) is 1. The van der Waals surface area contributed by atoms with Crippen molar-refractivity contribution in [1.82, 2.24) is 0 Å². The molecule has 0 saturated carbocycles. The molecule has 1 aromatic rings. The van der Waals surface area contributed by atoms with E-state index in [2.05, 4.69) is 35.9 Å². The van der Waals surface area contributed by atoms with Crippen molar-refractivity contribution in [3.63, 3.8) is 0 Å². The second-order valence-electron chi connectivity index (χ2n) is 3.75. The number of hydrogen-bond acceptors (Lipinski definition) is 1. The Balaban J connectivity index is 3.01. The maximum Gasteiger partial charge on any atom is 0.0554 e. The fourth-order valence-electron chi connectivity index (χ4n) is 1.28. The molecule has 0 fully saturated rings. The Morgan fingerprint density at radius 1 is 1.53 bits per heavy atom. The minimum Gasteiger partial charge on any atom is -0.327 e. The molecule has 0 aliphatic rings. The number of halogens is 2. The molecule has 0 spiro atoms. The van der Waals surface area contributed by atoms with Gasteiger partial charge in [0.25, 0.3) is 0 Å². The largest absolute Gasteiger partial charge is 0.327 e. The summed E-state index contributed by atoms with van der Waals surface area (Å²) in [5, 5.41) is 0.726. The van der Waals surface area contributed by atoms with Crippen LogP contribution in [0.4, 0.5) is 0 Å². The van der Waals surface area contributed by atoms with Gasteiger partial charge in [0, 0.05) is 11.0 Å². The SMILES string of the molecule is CC(C)/C(=C/c1ccc(Br)c(Cl)c1)CN. The van der Waals surface area contributed by atoms with Gasteiger partial charge < -0.3 is 5.73 Å². The molecule has 0 radical (unpaired) electrons. The molecule has 0 aliphatic heterocycles. The summed E-state index contributed by atoms with van der Waals surface area (Å²) in [5.41, 5.74) is 8.00. The van der Waals surface area contributed by atoms with E-state index in [-0.39, 0.29) is 0 Å². The fourth-order valence-corrected chi connectivity index (χ4v) is 1.71. The van der Waals surface area contributed by atoms with E-state index >= 15 is 0 Å².